The summed E-state index contributed by atoms with van der Waals surface area (Å²) in [4.78, 5) is 8.77. The van der Waals surface area contributed by atoms with Crippen LogP contribution in [0.1, 0.15) is 52.1 Å². The number of nitrogens with zero attached hydrogens (tertiary/aromatic N) is 2. The van der Waals surface area contributed by atoms with Crippen molar-refractivity contribution in [3.63, 3.8) is 0 Å². The smallest absolute Gasteiger partial charge is 0.125 e. The number of aryl methyl sites for hydroxylation is 1. The monoisotopic (exact) mass is 247 g/mol. The van der Waals surface area contributed by atoms with Crippen molar-refractivity contribution in [3.05, 3.63) is 23.8 Å². The van der Waals surface area contributed by atoms with Gasteiger partial charge in [0.25, 0.3) is 0 Å². The lowest BCUT2D eigenvalue weighted by Crippen LogP contribution is -2.37. The molecular weight excluding hydrogens is 222 g/mol. The van der Waals surface area contributed by atoms with Crippen LogP contribution < -0.4 is 5.32 Å². The Bertz CT molecular complexity index is 432. The van der Waals surface area contributed by atoms with Crippen molar-refractivity contribution in [1.29, 1.82) is 0 Å². The van der Waals surface area contributed by atoms with Crippen molar-refractivity contribution in [2.45, 2.75) is 53.0 Å². The summed E-state index contributed by atoms with van der Waals surface area (Å²) in [7, 11) is 0. The molecule has 0 spiro atoms. The van der Waals surface area contributed by atoms with Crippen LogP contribution in [-0.2, 0) is 0 Å². The predicted octanol–water partition coefficient (Wildman–Crippen LogP) is 2.91. The average molecular weight is 247 g/mol. The normalized spacial score (nSPS) is 26.1. The lowest BCUT2D eigenvalue weighted by Gasteiger charge is -2.21. The van der Waals surface area contributed by atoms with Gasteiger partial charge in [-0.3, -0.25) is 0 Å². The molecule has 1 aromatic heterocycles. The van der Waals surface area contributed by atoms with Crippen molar-refractivity contribution in [2.75, 3.05) is 6.54 Å². The highest BCUT2D eigenvalue weighted by Gasteiger charge is 2.58. The van der Waals surface area contributed by atoms with E-state index < -0.39 is 0 Å². The largest absolute Gasteiger partial charge is 0.312 e. The minimum absolute atomic E-state index is 0.185. The van der Waals surface area contributed by atoms with Crippen molar-refractivity contribution in [2.24, 2.45) is 11.3 Å². The van der Waals surface area contributed by atoms with Gasteiger partial charge < -0.3 is 5.32 Å². The molecule has 1 saturated carbocycles. The van der Waals surface area contributed by atoms with Gasteiger partial charge in [0, 0.05) is 23.3 Å². The summed E-state index contributed by atoms with van der Waals surface area (Å²) in [6.45, 7) is 14.3. The van der Waals surface area contributed by atoms with Crippen molar-refractivity contribution >= 4 is 0 Å². The van der Waals surface area contributed by atoms with E-state index in [4.69, 9.17) is 0 Å². The zero-order valence-corrected chi connectivity index (χ0v) is 12.4. The first-order chi connectivity index (χ1) is 8.22. The van der Waals surface area contributed by atoms with E-state index in [0.29, 0.717) is 17.3 Å². The molecule has 1 N–H and O–H groups in total. The summed E-state index contributed by atoms with van der Waals surface area (Å²) in [5, 5.41) is 3.61. The van der Waals surface area contributed by atoms with Gasteiger partial charge in [-0.1, -0.05) is 13.8 Å². The number of nitrogens with one attached hydrogen (secondary N) is 1. The van der Waals surface area contributed by atoms with Crippen LogP contribution in [0.2, 0.25) is 0 Å². The Balaban J connectivity index is 2.07. The molecule has 0 bridgehead atoms. The molecule has 3 nitrogen and oxygen atoms in total. The molecule has 3 heteroatoms. The van der Waals surface area contributed by atoms with Crippen molar-refractivity contribution in [3.8, 4) is 0 Å². The van der Waals surface area contributed by atoms with Gasteiger partial charge >= 0.3 is 0 Å². The quantitative estimate of drug-likeness (QED) is 0.892. The molecule has 1 aliphatic rings. The summed E-state index contributed by atoms with van der Waals surface area (Å²) in [6, 6.07) is 2.07. The molecule has 0 aromatic carbocycles. The molecule has 2 unspecified atom stereocenters. The average Bonchev–Trinajstić information content (AvgIpc) is 2.76. The first-order valence-electron chi connectivity index (χ1n) is 6.76. The molecule has 0 amide bonds. The molecule has 2 rings (SSSR count). The second kappa shape index (κ2) is 4.30. The maximum absolute atomic E-state index is 4.59. The van der Waals surface area contributed by atoms with Gasteiger partial charge in [-0.2, -0.15) is 0 Å². The van der Waals surface area contributed by atoms with Crippen LogP contribution in [-0.4, -0.2) is 22.1 Å². The number of hydrogen-bond donors (Lipinski definition) is 1. The number of rotatable bonds is 3. The Kier molecular flexibility index (Phi) is 3.22. The highest BCUT2D eigenvalue weighted by molar-refractivity contribution is 5.26. The van der Waals surface area contributed by atoms with Crippen LogP contribution in [0, 0.1) is 18.3 Å². The molecule has 1 aromatic rings. The molecule has 1 heterocycles. The molecule has 0 radical (unpaired) electrons. The Morgan fingerprint density at radius 2 is 2.00 bits per heavy atom. The van der Waals surface area contributed by atoms with E-state index in [9.17, 15) is 0 Å². The maximum atomic E-state index is 4.59. The topological polar surface area (TPSA) is 37.8 Å². The molecule has 0 aliphatic heterocycles. The van der Waals surface area contributed by atoms with Crippen molar-refractivity contribution < 1.29 is 0 Å². The fourth-order valence-corrected chi connectivity index (χ4v) is 2.78. The summed E-state index contributed by atoms with van der Waals surface area (Å²) in [5.74, 6) is 2.11. The lowest BCUT2D eigenvalue weighted by atomic mass is 10.1. The van der Waals surface area contributed by atoms with E-state index in [0.717, 1.165) is 12.4 Å². The highest BCUT2D eigenvalue weighted by Crippen LogP contribution is 2.63. The fraction of sp³-hybridized carbons (Fsp3) is 0.733. The van der Waals surface area contributed by atoms with E-state index in [2.05, 4.69) is 56.0 Å². The molecular formula is C15H25N3. The minimum Gasteiger partial charge on any atom is -0.312 e. The first-order valence-corrected chi connectivity index (χ1v) is 6.76. The zero-order chi connectivity index (χ0) is 13.6. The fourth-order valence-electron chi connectivity index (χ4n) is 2.78. The van der Waals surface area contributed by atoms with Crippen LogP contribution in [0.3, 0.4) is 0 Å². The Hall–Kier alpha value is -0.960. The molecule has 100 valence electrons. The standard InChI is InChI=1S/C15H25N3/c1-10-16-8-7-12(18-10)13-11(15(13,5)6)9-17-14(2,3)4/h7-8,11,13,17H,9H2,1-6H3. The SMILES string of the molecule is Cc1nccc(C2C(CNC(C)(C)C)C2(C)C)n1. The second-order valence-corrected chi connectivity index (χ2v) is 7.07. The van der Waals surface area contributed by atoms with E-state index >= 15 is 0 Å². The van der Waals surface area contributed by atoms with Crippen LogP contribution >= 0.6 is 0 Å². The number of aromatic nitrogens is 2. The Morgan fingerprint density at radius 1 is 1.33 bits per heavy atom. The van der Waals surface area contributed by atoms with Gasteiger partial charge in [-0.25, -0.2) is 9.97 Å². The van der Waals surface area contributed by atoms with Gasteiger partial charge in [0.15, 0.2) is 0 Å². The summed E-state index contributed by atoms with van der Waals surface area (Å²) in [5.41, 5.74) is 1.73. The van der Waals surface area contributed by atoms with Crippen LogP contribution in [0.15, 0.2) is 12.3 Å². The van der Waals surface area contributed by atoms with Gasteiger partial charge in [0.2, 0.25) is 0 Å². The van der Waals surface area contributed by atoms with Crippen LogP contribution in [0.25, 0.3) is 0 Å². The Labute approximate surface area is 110 Å². The van der Waals surface area contributed by atoms with Crippen LogP contribution in [0.5, 0.6) is 0 Å². The number of hydrogen-bond acceptors (Lipinski definition) is 3. The molecule has 1 aliphatic carbocycles. The van der Waals surface area contributed by atoms with Gasteiger partial charge in [-0.15, -0.1) is 0 Å². The lowest BCUT2D eigenvalue weighted by molar-refractivity contribution is 0.396. The highest BCUT2D eigenvalue weighted by atomic mass is 15.0. The van der Waals surface area contributed by atoms with Crippen molar-refractivity contribution in [1.82, 2.24) is 15.3 Å². The van der Waals surface area contributed by atoms with Gasteiger partial charge in [0.05, 0.1) is 0 Å². The minimum atomic E-state index is 0.185. The summed E-state index contributed by atoms with van der Waals surface area (Å²) in [6.07, 6.45) is 1.88. The van der Waals surface area contributed by atoms with Crippen LogP contribution in [0.4, 0.5) is 0 Å². The third-order valence-electron chi connectivity index (χ3n) is 4.02. The molecule has 18 heavy (non-hydrogen) atoms. The summed E-state index contributed by atoms with van der Waals surface area (Å²) < 4.78 is 0. The third-order valence-corrected chi connectivity index (χ3v) is 4.02. The third kappa shape index (κ3) is 2.72. The van der Waals surface area contributed by atoms with E-state index in [1.165, 1.54) is 5.69 Å². The predicted molar refractivity (Wildman–Crippen MR) is 74.5 cm³/mol. The first kappa shape index (κ1) is 13.5. The Morgan fingerprint density at radius 3 is 2.56 bits per heavy atom. The summed E-state index contributed by atoms with van der Waals surface area (Å²) >= 11 is 0. The van der Waals surface area contributed by atoms with E-state index in [-0.39, 0.29) is 5.54 Å². The molecule has 2 atom stereocenters. The maximum Gasteiger partial charge on any atom is 0.125 e. The molecule has 0 saturated heterocycles. The van der Waals surface area contributed by atoms with E-state index in [1.807, 2.05) is 13.1 Å². The molecule has 1 fully saturated rings. The van der Waals surface area contributed by atoms with Gasteiger partial charge in [-0.05, 0) is 51.6 Å². The van der Waals surface area contributed by atoms with E-state index in [1.54, 1.807) is 0 Å². The van der Waals surface area contributed by atoms with Gasteiger partial charge in [0.1, 0.15) is 5.82 Å². The zero-order valence-electron chi connectivity index (χ0n) is 12.4. The second-order valence-electron chi connectivity index (χ2n) is 7.07.